The minimum absolute atomic E-state index is 0.156. The van der Waals surface area contributed by atoms with Crippen LogP contribution in [-0.4, -0.2) is 22.7 Å². The van der Waals surface area contributed by atoms with Gasteiger partial charge in [0.1, 0.15) is 17.9 Å². The summed E-state index contributed by atoms with van der Waals surface area (Å²) in [4.78, 5) is 16.2. The summed E-state index contributed by atoms with van der Waals surface area (Å²) in [6.45, 7) is 2.65. The predicted octanol–water partition coefficient (Wildman–Crippen LogP) is 2.50. The number of furan rings is 1. The van der Waals surface area contributed by atoms with Crippen molar-refractivity contribution in [1.29, 1.82) is 0 Å². The monoisotopic (exact) mass is 267 g/mol. The fourth-order valence-corrected chi connectivity index (χ4v) is 2.30. The Balaban J connectivity index is 1.80. The number of rotatable bonds is 6. The van der Waals surface area contributed by atoms with E-state index in [0.29, 0.717) is 12.4 Å². The fourth-order valence-electron chi connectivity index (χ4n) is 1.54. The van der Waals surface area contributed by atoms with Gasteiger partial charge in [-0.05, 0) is 13.0 Å². The molecule has 2 rings (SSSR count). The van der Waals surface area contributed by atoms with E-state index in [-0.39, 0.29) is 12.2 Å². The van der Waals surface area contributed by atoms with Crippen LogP contribution in [0.2, 0.25) is 0 Å². The second-order valence-electron chi connectivity index (χ2n) is 3.73. The second kappa shape index (κ2) is 5.79. The molecule has 2 heterocycles. The van der Waals surface area contributed by atoms with E-state index in [1.54, 1.807) is 16.8 Å². The van der Waals surface area contributed by atoms with Gasteiger partial charge in [0.15, 0.2) is 0 Å². The quantitative estimate of drug-likeness (QED) is 0.814. The predicted molar refractivity (Wildman–Crippen MR) is 65.9 cm³/mol. The van der Waals surface area contributed by atoms with Gasteiger partial charge in [-0.2, -0.15) is 0 Å². The molecule has 0 aliphatic rings. The first-order chi connectivity index (χ1) is 8.68. The SMILES string of the molecule is Cc1ncsc1CCOCc1occc1C(=O)O. The number of nitrogens with zero attached hydrogens (tertiary/aromatic N) is 1. The maximum absolute atomic E-state index is 10.8. The van der Waals surface area contributed by atoms with E-state index in [4.69, 9.17) is 14.3 Å². The van der Waals surface area contributed by atoms with Crippen molar-refractivity contribution in [2.45, 2.75) is 20.0 Å². The van der Waals surface area contributed by atoms with Gasteiger partial charge >= 0.3 is 5.97 Å². The molecule has 0 saturated carbocycles. The summed E-state index contributed by atoms with van der Waals surface area (Å²) in [7, 11) is 0. The normalized spacial score (nSPS) is 10.7. The zero-order chi connectivity index (χ0) is 13.0. The largest absolute Gasteiger partial charge is 0.478 e. The first kappa shape index (κ1) is 12.8. The molecule has 0 radical (unpaired) electrons. The Hall–Kier alpha value is -1.66. The van der Waals surface area contributed by atoms with Gasteiger partial charge in [0.25, 0.3) is 0 Å². The molecule has 18 heavy (non-hydrogen) atoms. The molecule has 1 N–H and O–H groups in total. The molecule has 0 saturated heterocycles. The van der Waals surface area contributed by atoms with Crippen molar-refractivity contribution in [1.82, 2.24) is 4.98 Å². The van der Waals surface area contributed by atoms with Crippen molar-refractivity contribution in [2.24, 2.45) is 0 Å². The van der Waals surface area contributed by atoms with Crippen LogP contribution in [0.3, 0.4) is 0 Å². The van der Waals surface area contributed by atoms with Crippen molar-refractivity contribution in [3.05, 3.63) is 39.7 Å². The standard InChI is InChI=1S/C12H13NO4S/c1-8-11(18-7-13-8)3-4-16-6-10-9(12(14)15)2-5-17-10/h2,5,7H,3-4,6H2,1H3,(H,14,15). The van der Waals surface area contributed by atoms with E-state index in [1.165, 1.54) is 17.2 Å². The minimum atomic E-state index is -0.999. The van der Waals surface area contributed by atoms with Crippen LogP contribution in [0, 0.1) is 6.92 Å². The average Bonchev–Trinajstić information content (AvgIpc) is 2.94. The lowest BCUT2D eigenvalue weighted by molar-refractivity contribution is 0.0680. The minimum Gasteiger partial charge on any atom is -0.478 e. The number of ether oxygens (including phenoxy) is 1. The highest BCUT2D eigenvalue weighted by molar-refractivity contribution is 7.09. The van der Waals surface area contributed by atoms with Crippen LogP contribution in [0.5, 0.6) is 0 Å². The third kappa shape index (κ3) is 2.96. The van der Waals surface area contributed by atoms with Crippen LogP contribution in [0.4, 0.5) is 0 Å². The van der Waals surface area contributed by atoms with Crippen LogP contribution >= 0.6 is 11.3 Å². The molecule has 0 aromatic carbocycles. The lowest BCUT2D eigenvalue weighted by Gasteiger charge is -2.02. The number of carboxylic acids is 1. The molecule has 0 unspecified atom stereocenters. The van der Waals surface area contributed by atoms with Crippen molar-refractivity contribution < 1.29 is 19.1 Å². The number of carboxylic acid groups (broad SMARTS) is 1. The zero-order valence-electron chi connectivity index (χ0n) is 9.88. The molecule has 0 aliphatic carbocycles. The molecule has 6 heteroatoms. The number of carbonyl (C=O) groups is 1. The number of aromatic carboxylic acids is 1. The summed E-state index contributed by atoms with van der Waals surface area (Å²) < 4.78 is 10.5. The topological polar surface area (TPSA) is 72.6 Å². The molecule has 0 aliphatic heterocycles. The van der Waals surface area contributed by atoms with E-state index >= 15 is 0 Å². The van der Waals surface area contributed by atoms with Gasteiger partial charge in [-0.15, -0.1) is 11.3 Å². The molecule has 0 amide bonds. The van der Waals surface area contributed by atoms with E-state index in [9.17, 15) is 4.79 Å². The van der Waals surface area contributed by atoms with Crippen LogP contribution in [0.25, 0.3) is 0 Å². The molecule has 0 spiro atoms. The average molecular weight is 267 g/mol. The van der Waals surface area contributed by atoms with Gasteiger partial charge in [0.05, 0.1) is 24.1 Å². The van der Waals surface area contributed by atoms with Crippen LogP contribution in [0.1, 0.15) is 26.7 Å². The number of aromatic nitrogens is 1. The van der Waals surface area contributed by atoms with Gasteiger partial charge < -0.3 is 14.3 Å². The van der Waals surface area contributed by atoms with E-state index in [0.717, 1.165) is 12.1 Å². The summed E-state index contributed by atoms with van der Waals surface area (Å²) in [6.07, 6.45) is 2.13. The van der Waals surface area contributed by atoms with E-state index in [2.05, 4.69) is 4.98 Å². The molecule has 0 atom stereocenters. The highest BCUT2D eigenvalue weighted by Gasteiger charge is 2.13. The summed E-state index contributed by atoms with van der Waals surface area (Å²) in [5.74, 6) is -0.649. The molecule has 0 bridgehead atoms. The van der Waals surface area contributed by atoms with E-state index < -0.39 is 5.97 Å². The van der Waals surface area contributed by atoms with Gasteiger partial charge in [-0.25, -0.2) is 9.78 Å². The summed E-state index contributed by atoms with van der Waals surface area (Å²) >= 11 is 1.60. The molecule has 2 aromatic heterocycles. The molecular formula is C12H13NO4S. The van der Waals surface area contributed by atoms with Crippen LogP contribution < -0.4 is 0 Å². The number of hydrogen-bond donors (Lipinski definition) is 1. The van der Waals surface area contributed by atoms with Crippen molar-refractivity contribution >= 4 is 17.3 Å². The lowest BCUT2D eigenvalue weighted by atomic mass is 10.2. The Morgan fingerprint density at radius 2 is 2.44 bits per heavy atom. The Morgan fingerprint density at radius 1 is 1.61 bits per heavy atom. The Morgan fingerprint density at radius 3 is 3.11 bits per heavy atom. The number of thiazole rings is 1. The number of hydrogen-bond acceptors (Lipinski definition) is 5. The van der Waals surface area contributed by atoms with Crippen molar-refractivity contribution in [3.63, 3.8) is 0 Å². The van der Waals surface area contributed by atoms with Crippen molar-refractivity contribution in [2.75, 3.05) is 6.61 Å². The molecular weight excluding hydrogens is 254 g/mol. The first-order valence-corrected chi connectivity index (χ1v) is 6.33. The van der Waals surface area contributed by atoms with Gasteiger partial charge in [-0.1, -0.05) is 0 Å². The fraction of sp³-hybridized carbons (Fsp3) is 0.333. The second-order valence-corrected chi connectivity index (χ2v) is 4.67. The molecule has 96 valence electrons. The Labute approximate surface area is 108 Å². The molecule has 2 aromatic rings. The summed E-state index contributed by atoms with van der Waals surface area (Å²) in [5.41, 5.74) is 2.98. The van der Waals surface area contributed by atoms with E-state index in [1.807, 2.05) is 6.92 Å². The zero-order valence-corrected chi connectivity index (χ0v) is 10.7. The molecule has 5 nitrogen and oxygen atoms in total. The summed E-state index contributed by atoms with van der Waals surface area (Å²) in [5, 5.41) is 8.88. The highest BCUT2D eigenvalue weighted by atomic mass is 32.1. The maximum Gasteiger partial charge on any atom is 0.339 e. The lowest BCUT2D eigenvalue weighted by Crippen LogP contribution is -2.03. The van der Waals surface area contributed by atoms with Gasteiger partial charge in [-0.3, -0.25) is 0 Å². The smallest absolute Gasteiger partial charge is 0.339 e. The Kier molecular flexibility index (Phi) is 4.11. The first-order valence-electron chi connectivity index (χ1n) is 5.45. The van der Waals surface area contributed by atoms with Gasteiger partial charge in [0.2, 0.25) is 0 Å². The maximum atomic E-state index is 10.8. The van der Waals surface area contributed by atoms with Crippen LogP contribution in [0.15, 0.2) is 22.3 Å². The number of aryl methyl sites for hydroxylation is 1. The summed E-state index contributed by atoms with van der Waals surface area (Å²) in [6, 6.07) is 1.42. The van der Waals surface area contributed by atoms with Gasteiger partial charge in [0, 0.05) is 11.3 Å². The molecule has 0 fully saturated rings. The van der Waals surface area contributed by atoms with Crippen molar-refractivity contribution in [3.8, 4) is 0 Å². The third-order valence-electron chi connectivity index (χ3n) is 2.53. The highest BCUT2D eigenvalue weighted by Crippen LogP contribution is 2.14. The Bertz CT molecular complexity index is 532. The van der Waals surface area contributed by atoms with Crippen LogP contribution in [-0.2, 0) is 17.8 Å². The third-order valence-corrected chi connectivity index (χ3v) is 3.52.